The molecule has 1 amide bonds. The SMILES string of the molecule is O=C(/C=C/c1cccc(F)c1)Nc1ccccc1OC(F)(F)F. The number of alkyl halides is 3. The monoisotopic (exact) mass is 325 g/mol. The summed E-state index contributed by atoms with van der Waals surface area (Å²) in [7, 11) is 0. The predicted molar refractivity (Wildman–Crippen MR) is 77.2 cm³/mol. The highest BCUT2D eigenvalue weighted by Crippen LogP contribution is 2.29. The minimum absolute atomic E-state index is 0.126. The fourth-order valence-corrected chi connectivity index (χ4v) is 1.74. The van der Waals surface area contributed by atoms with Crippen LogP contribution in [0, 0.1) is 5.82 Å². The highest BCUT2D eigenvalue weighted by Gasteiger charge is 2.32. The van der Waals surface area contributed by atoms with Crippen LogP contribution < -0.4 is 10.1 Å². The van der Waals surface area contributed by atoms with E-state index in [1.807, 2.05) is 0 Å². The molecule has 0 unspecified atom stereocenters. The zero-order chi connectivity index (χ0) is 16.9. The van der Waals surface area contributed by atoms with Crippen LogP contribution in [0.4, 0.5) is 23.2 Å². The number of carbonyl (C=O) groups excluding carboxylic acids is 1. The molecule has 3 nitrogen and oxygen atoms in total. The van der Waals surface area contributed by atoms with Crippen LogP contribution in [0.15, 0.2) is 54.6 Å². The van der Waals surface area contributed by atoms with E-state index in [0.29, 0.717) is 5.56 Å². The maximum atomic E-state index is 13.0. The number of ether oxygens (including phenoxy) is 1. The Balaban J connectivity index is 2.09. The van der Waals surface area contributed by atoms with Crippen LogP contribution in [0.1, 0.15) is 5.56 Å². The van der Waals surface area contributed by atoms with E-state index in [2.05, 4.69) is 10.1 Å². The van der Waals surface area contributed by atoms with Gasteiger partial charge in [0.15, 0.2) is 5.75 Å². The molecule has 120 valence electrons. The standard InChI is InChI=1S/C16H11F4NO2/c17-12-5-3-4-11(10-12)8-9-15(22)21-13-6-1-2-7-14(13)23-16(18,19)20/h1-10H,(H,21,22)/b9-8+. The van der Waals surface area contributed by atoms with Gasteiger partial charge in [0.25, 0.3) is 0 Å². The van der Waals surface area contributed by atoms with Gasteiger partial charge in [0.1, 0.15) is 5.82 Å². The number of carbonyl (C=O) groups is 1. The van der Waals surface area contributed by atoms with Crippen molar-refractivity contribution in [3.8, 4) is 5.75 Å². The zero-order valence-electron chi connectivity index (χ0n) is 11.6. The number of nitrogens with one attached hydrogen (secondary N) is 1. The van der Waals surface area contributed by atoms with Crippen molar-refractivity contribution < 1.29 is 27.1 Å². The van der Waals surface area contributed by atoms with E-state index in [1.165, 1.54) is 42.5 Å². The summed E-state index contributed by atoms with van der Waals surface area (Å²) in [5.74, 6) is -1.66. The molecule has 0 aliphatic heterocycles. The summed E-state index contributed by atoms with van der Waals surface area (Å²) in [4.78, 5) is 11.8. The molecular formula is C16H11F4NO2. The summed E-state index contributed by atoms with van der Waals surface area (Å²) in [6.45, 7) is 0. The number of rotatable bonds is 4. The van der Waals surface area contributed by atoms with Crippen LogP contribution in [0.2, 0.25) is 0 Å². The molecule has 2 aromatic carbocycles. The first-order chi connectivity index (χ1) is 10.8. The van der Waals surface area contributed by atoms with Crippen LogP contribution >= 0.6 is 0 Å². The number of amides is 1. The first-order valence-corrected chi connectivity index (χ1v) is 6.43. The average Bonchev–Trinajstić information content (AvgIpc) is 2.46. The Labute approximate surface area is 129 Å². The largest absolute Gasteiger partial charge is 0.573 e. The molecule has 0 saturated heterocycles. The Morgan fingerprint density at radius 3 is 2.52 bits per heavy atom. The van der Waals surface area contributed by atoms with Gasteiger partial charge in [0, 0.05) is 6.08 Å². The van der Waals surface area contributed by atoms with Crippen molar-refractivity contribution in [3.63, 3.8) is 0 Å². The fraction of sp³-hybridized carbons (Fsp3) is 0.0625. The van der Waals surface area contributed by atoms with Gasteiger partial charge in [-0.25, -0.2) is 4.39 Å². The molecule has 0 radical (unpaired) electrons. The van der Waals surface area contributed by atoms with Gasteiger partial charge in [0.05, 0.1) is 5.69 Å². The van der Waals surface area contributed by atoms with Gasteiger partial charge in [-0.3, -0.25) is 4.79 Å². The Morgan fingerprint density at radius 1 is 1.09 bits per heavy atom. The summed E-state index contributed by atoms with van der Waals surface area (Å²) in [5.41, 5.74) is 0.318. The Morgan fingerprint density at radius 2 is 1.83 bits per heavy atom. The lowest BCUT2D eigenvalue weighted by molar-refractivity contribution is -0.274. The second-order valence-corrected chi connectivity index (χ2v) is 4.42. The minimum Gasteiger partial charge on any atom is -0.404 e. The minimum atomic E-state index is -4.86. The van der Waals surface area contributed by atoms with E-state index >= 15 is 0 Å². The molecule has 23 heavy (non-hydrogen) atoms. The lowest BCUT2D eigenvalue weighted by Crippen LogP contribution is -2.19. The first kappa shape index (κ1) is 16.5. The van der Waals surface area contributed by atoms with E-state index in [4.69, 9.17) is 0 Å². The summed E-state index contributed by atoms with van der Waals surface area (Å²) < 4.78 is 53.7. The van der Waals surface area contributed by atoms with Gasteiger partial charge in [-0.15, -0.1) is 13.2 Å². The predicted octanol–water partition coefficient (Wildman–Crippen LogP) is 4.38. The second-order valence-electron chi connectivity index (χ2n) is 4.42. The second kappa shape index (κ2) is 6.95. The normalized spacial score (nSPS) is 11.5. The first-order valence-electron chi connectivity index (χ1n) is 6.43. The van der Waals surface area contributed by atoms with Crippen molar-refractivity contribution in [1.82, 2.24) is 0 Å². The molecule has 0 aliphatic carbocycles. The van der Waals surface area contributed by atoms with Crippen LogP contribution in [0.3, 0.4) is 0 Å². The molecule has 0 saturated carbocycles. The van der Waals surface area contributed by atoms with E-state index < -0.39 is 23.8 Å². The van der Waals surface area contributed by atoms with Gasteiger partial charge >= 0.3 is 6.36 Å². The Hall–Kier alpha value is -2.83. The van der Waals surface area contributed by atoms with Gasteiger partial charge in [-0.1, -0.05) is 24.3 Å². The molecule has 2 rings (SSSR count). The van der Waals surface area contributed by atoms with Crippen LogP contribution in [0.25, 0.3) is 6.08 Å². The van der Waals surface area contributed by atoms with Crippen molar-refractivity contribution in [3.05, 3.63) is 66.0 Å². The maximum Gasteiger partial charge on any atom is 0.573 e. The molecule has 0 atom stereocenters. The van der Waals surface area contributed by atoms with Crippen molar-refractivity contribution in [2.75, 3.05) is 5.32 Å². The maximum absolute atomic E-state index is 13.0. The van der Waals surface area contributed by atoms with Gasteiger partial charge in [-0.2, -0.15) is 0 Å². The summed E-state index contributed by atoms with van der Waals surface area (Å²) in [5, 5.41) is 2.27. The zero-order valence-corrected chi connectivity index (χ0v) is 11.6. The summed E-state index contributed by atoms with van der Waals surface area (Å²) in [6, 6.07) is 10.7. The molecule has 0 heterocycles. The topological polar surface area (TPSA) is 38.3 Å². The number of halogens is 4. The van der Waals surface area contributed by atoms with E-state index in [9.17, 15) is 22.4 Å². The molecule has 0 spiro atoms. The molecular weight excluding hydrogens is 314 g/mol. The smallest absolute Gasteiger partial charge is 0.404 e. The van der Waals surface area contributed by atoms with Gasteiger partial charge in [0.2, 0.25) is 5.91 Å². The van der Waals surface area contributed by atoms with Crippen LogP contribution in [0.5, 0.6) is 5.75 Å². The number of hydrogen-bond donors (Lipinski definition) is 1. The average molecular weight is 325 g/mol. The molecule has 0 fully saturated rings. The van der Waals surface area contributed by atoms with E-state index in [-0.39, 0.29) is 5.69 Å². The Kier molecular flexibility index (Phi) is 5.00. The fourth-order valence-electron chi connectivity index (χ4n) is 1.74. The quantitative estimate of drug-likeness (QED) is 0.669. The van der Waals surface area contributed by atoms with Crippen LogP contribution in [-0.4, -0.2) is 12.3 Å². The van der Waals surface area contributed by atoms with Crippen molar-refractivity contribution in [1.29, 1.82) is 0 Å². The van der Waals surface area contributed by atoms with Crippen molar-refractivity contribution in [2.45, 2.75) is 6.36 Å². The number of anilines is 1. The van der Waals surface area contributed by atoms with Gasteiger partial charge < -0.3 is 10.1 Å². The van der Waals surface area contributed by atoms with E-state index in [1.54, 1.807) is 6.07 Å². The van der Waals surface area contributed by atoms with Crippen molar-refractivity contribution in [2.24, 2.45) is 0 Å². The Bertz CT molecular complexity index is 726. The van der Waals surface area contributed by atoms with Crippen molar-refractivity contribution >= 4 is 17.7 Å². The molecule has 7 heteroatoms. The summed E-state index contributed by atoms with van der Waals surface area (Å²) >= 11 is 0. The molecule has 1 N–H and O–H groups in total. The van der Waals surface area contributed by atoms with Crippen LogP contribution in [-0.2, 0) is 4.79 Å². The summed E-state index contributed by atoms with van der Waals surface area (Å²) in [6.07, 6.45) is -2.44. The third-order valence-electron chi connectivity index (χ3n) is 2.65. The molecule has 0 bridgehead atoms. The number of benzene rings is 2. The highest BCUT2D eigenvalue weighted by molar-refractivity contribution is 6.02. The lowest BCUT2D eigenvalue weighted by atomic mass is 10.2. The van der Waals surface area contributed by atoms with E-state index in [0.717, 1.165) is 12.1 Å². The number of hydrogen-bond acceptors (Lipinski definition) is 2. The highest BCUT2D eigenvalue weighted by atomic mass is 19.4. The molecule has 2 aromatic rings. The lowest BCUT2D eigenvalue weighted by Gasteiger charge is -2.13. The third kappa shape index (κ3) is 5.46. The number of para-hydroxylation sites is 2. The molecule has 0 aromatic heterocycles. The van der Waals surface area contributed by atoms with Gasteiger partial charge in [-0.05, 0) is 35.9 Å². The third-order valence-corrected chi connectivity index (χ3v) is 2.65. The molecule has 0 aliphatic rings.